The van der Waals surface area contributed by atoms with Crippen LogP contribution in [0.5, 0.6) is 0 Å². The third-order valence-electron chi connectivity index (χ3n) is 4.90. The van der Waals surface area contributed by atoms with Crippen molar-refractivity contribution in [2.45, 2.75) is 78.0 Å². The van der Waals surface area contributed by atoms with Crippen molar-refractivity contribution in [2.24, 2.45) is 5.41 Å². The number of halogens is 3. The van der Waals surface area contributed by atoms with Crippen LogP contribution in [-0.4, -0.2) is 40.9 Å². The van der Waals surface area contributed by atoms with E-state index in [1.807, 2.05) is 6.92 Å². The van der Waals surface area contributed by atoms with Gasteiger partial charge in [0.1, 0.15) is 31.1 Å². The van der Waals surface area contributed by atoms with E-state index in [4.69, 9.17) is 14.2 Å². The molecule has 184 valence electrons. The van der Waals surface area contributed by atoms with Crippen molar-refractivity contribution in [3.8, 4) is 11.8 Å². The Balaban J connectivity index is 2.22. The number of H-pyrrole nitrogens is 1. The molecule has 1 aromatic heterocycles. The molecule has 1 saturated heterocycles. The highest BCUT2D eigenvalue weighted by molar-refractivity contribution is 5.75. The Labute approximate surface area is 189 Å². The van der Waals surface area contributed by atoms with Crippen LogP contribution in [0.2, 0.25) is 0 Å². The molecule has 0 saturated carbocycles. The zero-order valence-corrected chi connectivity index (χ0v) is 19.1. The largest absolute Gasteiger partial charge is 0.462 e. The Morgan fingerprint density at radius 3 is 2.58 bits per heavy atom. The maximum absolute atomic E-state index is 13.1. The molecule has 0 unspecified atom stereocenters. The molecule has 0 aliphatic carbocycles. The number of rotatable bonds is 7. The number of aromatic amines is 1. The molecule has 11 heteroatoms. The Hall–Kier alpha value is -2.58. The van der Waals surface area contributed by atoms with Gasteiger partial charge in [-0.25, -0.2) is 4.79 Å². The molecule has 0 bridgehead atoms. The SMILES string of the molecule is CCCCC#CCO[C@H]1C[C@H](n2cc(C(F)(F)F)c(=O)[nH]c2=O)O[C@@H]1COC(=O)C(C)(C)C. The fourth-order valence-corrected chi connectivity index (χ4v) is 3.03. The highest BCUT2D eigenvalue weighted by Crippen LogP contribution is 2.32. The summed E-state index contributed by atoms with van der Waals surface area (Å²) in [5.74, 6) is 5.32. The van der Waals surface area contributed by atoms with Crippen molar-refractivity contribution in [3.63, 3.8) is 0 Å². The highest BCUT2D eigenvalue weighted by Gasteiger charge is 2.41. The molecule has 1 aliphatic heterocycles. The van der Waals surface area contributed by atoms with E-state index in [9.17, 15) is 27.6 Å². The molecule has 1 fully saturated rings. The van der Waals surface area contributed by atoms with Gasteiger partial charge < -0.3 is 14.2 Å². The van der Waals surface area contributed by atoms with Gasteiger partial charge in [-0.15, -0.1) is 5.92 Å². The van der Waals surface area contributed by atoms with Crippen LogP contribution in [-0.2, 0) is 25.2 Å². The van der Waals surface area contributed by atoms with E-state index < -0.39 is 52.8 Å². The predicted octanol–water partition coefficient (Wildman–Crippen LogP) is 3.01. The molecule has 3 atom stereocenters. The predicted molar refractivity (Wildman–Crippen MR) is 112 cm³/mol. The third kappa shape index (κ3) is 7.47. The molecule has 0 amide bonds. The summed E-state index contributed by atoms with van der Waals surface area (Å²) in [5.41, 5.74) is -4.88. The number of nitrogens with zero attached hydrogens (tertiary/aromatic N) is 1. The lowest BCUT2D eigenvalue weighted by Crippen LogP contribution is -2.36. The van der Waals surface area contributed by atoms with Gasteiger partial charge in [-0.05, 0) is 27.2 Å². The van der Waals surface area contributed by atoms with E-state index in [0.717, 1.165) is 12.8 Å². The summed E-state index contributed by atoms with van der Waals surface area (Å²) in [5, 5.41) is 0. The van der Waals surface area contributed by atoms with Crippen LogP contribution < -0.4 is 11.2 Å². The molecule has 0 spiro atoms. The zero-order chi connectivity index (χ0) is 24.8. The molecular formula is C22H29F3N2O6. The van der Waals surface area contributed by atoms with E-state index >= 15 is 0 Å². The number of hydrogen-bond acceptors (Lipinski definition) is 6. The molecule has 0 radical (unpaired) electrons. The van der Waals surface area contributed by atoms with Gasteiger partial charge >= 0.3 is 17.8 Å². The zero-order valence-electron chi connectivity index (χ0n) is 19.1. The minimum absolute atomic E-state index is 0.00236. The summed E-state index contributed by atoms with van der Waals surface area (Å²) in [6, 6.07) is 0. The van der Waals surface area contributed by atoms with Crippen molar-refractivity contribution in [1.29, 1.82) is 0 Å². The lowest BCUT2D eigenvalue weighted by molar-refractivity contribution is -0.160. The lowest BCUT2D eigenvalue weighted by Gasteiger charge is -2.21. The van der Waals surface area contributed by atoms with Crippen molar-refractivity contribution in [3.05, 3.63) is 32.6 Å². The van der Waals surface area contributed by atoms with E-state index in [1.165, 1.54) is 0 Å². The summed E-state index contributed by atoms with van der Waals surface area (Å²) < 4.78 is 56.8. The minimum Gasteiger partial charge on any atom is -0.462 e. The first-order valence-electron chi connectivity index (χ1n) is 10.7. The summed E-state index contributed by atoms with van der Waals surface area (Å²) in [6.45, 7) is 6.89. The van der Waals surface area contributed by atoms with E-state index in [2.05, 4.69) is 11.8 Å². The lowest BCUT2D eigenvalue weighted by atomic mass is 9.97. The molecule has 1 N–H and O–H groups in total. The second-order valence-corrected chi connectivity index (χ2v) is 8.73. The fourth-order valence-electron chi connectivity index (χ4n) is 3.03. The van der Waals surface area contributed by atoms with E-state index in [0.29, 0.717) is 17.2 Å². The monoisotopic (exact) mass is 474 g/mol. The van der Waals surface area contributed by atoms with Crippen LogP contribution in [0.1, 0.15) is 65.2 Å². The van der Waals surface area contributed by atoms with Crippen molar-refractivity contribution in [1.82, 2.24) is 9.55 Å². The van der Waals surface area contributed by atoms with Gasteiger partial charge in [0.25, 0.3) is 5.56 Å². The number of carbonyl (C=O) groups excluding carboxylic acids is 1. The molecule has 1 aromatic rings. The standard InChI is InChI=1S/C22H29F3N2O6/c1-5-6-7-8-9-10-31-15-11-17(33-16(15)13-32-19(29)21(2,3)4)27-12-14(22(23,24)25)18(28)26-20(27)30/h12,15-17H,5-7,10-11,13H2,1-4H3,(H,26,28,30)/t15-,16+,17+/m0/s1. The number of ether oxygens (including phenoxy) is 3. The third-order valence-corrected chi connectivity index (χ3v) is 4.90. The topological polar surface area (TPSA) is 99.6 Å². The van der Waals surface area contributed by atoms with Gasteiger partial charge in [-0.2, -0.15) is 13.2 Å². The van der Waals surface area contributed by atoms with Crippen LogP contribution in [0.15, 0.2) is 15.8 Å². The molecule has 2 heterocycles. The number of unbranched alkanes of at least 4 members (excludes halogenated alkanes) is 2. The number of hydrogen-bond donors (Lipinski definition) is 1. The van der Waals surface area contributed by atoms with Gasteiger partial charge in [-0.1, -0.05) is 19.3 Å². The number of nitrogens with one attached hydrogen (secondary N) is 1. The average Bonchev–Trinajstić information content (AvgIpc) is 3.09. The van der Waals surface area contributed by atoms with E-state index in [-0.39, 0.29) is 19.6 Å². The quantitative estimate of drug-likeness (QED) is 0.371. The Morgan fingerprint density at radius 1 is 1.27 bits per heavy atom. The number of esters is 1. The smallest absolute Gasteiger partial charge is 0.423 e. The van der Waals surface area contributed by atoms with Crippen molar-refractivity contribution in [2.75, 3.05) is 13.2 Å². The van der Waals surface area contributed by atoms with Gasteiger partial charge in [0, 0.05) is 19.0 Å². The molecular weight excluding hydrogens is 445 g/mol. The maximum Gasteiger partial charge on any atom is 0.423 e. The van der Waals surface area contributed by atoms with E-state index in [1.54, 1.807) is 25.8 Å². The summed E-state index contributed by atoms with van der Waals surface area (Å²) in [7, 11) is 0. The summed E-state index contributed by atoms with van der Waals surface area (Å²) in [4.78, 5) is 37.6. The van der Waals surface area contributed by atoms with Crippen LogP contribution in [0.25, 0.3) is 0 Å². The van der Waals surface area contributed by atoms with Gasteiger partial charge in [0.2, 0.25) is 0 Å². The highest BCUT2D eigenvalue weighted by atomic mass is 19.4. The number of aromatic nitrogens is 2. The van der Waals surface area contributed by atoms with Gasteiger partial charge in [0.05, 0.1) is 11.5 Å². The molecule has 8 nitrogen and oxygen atoms in total. The van der Waals surface area contributed by atoms with Crippen molar-refractivity contribution < 1.29 is 32.2 Å². The normalized spacial score (nSPS) is 20.9. The van der Waals surface area contributed by atoms with Gasteiger partial charge in [0.15, 0.2) is 0 Å². The van der Waals surface area contributed by atoms with Crippen LogP contribution in [0.3, 0.4) is 0 Å². The Bertz CT molecular complexity index is 997. The van der Waals surface area contributed by atoms with Crippen LogP contribution in [0.4, 0.5) is 13.2 Å². The molecule has 1 aliphatic rings. The maximum atomic E-state index is 13.1. The molecule has 33 heavy (non-hydrogen) atoms. The second-order valence-electron chi connectivity index (χ2n) is 8.73. The van der Waals surface area contributed by atoms with Crippen LogP contribution in [0, 0.1) is 17.3 Å². The van der Waals surface area contributed by atoms with Crippen molar-refractivity contribution >= 4 is 5.97 Å². The number of alkyl halides is 3. The fraction of sp³-hybridized carbons (Fsp3) is 0.682. The summed E-state index contributed by atoms with van der Waals surface area (Å²) >= 11 is 0. The minimum atomic E-state index is -4.95. The summed E-state index contributed by atoms with van der Waals surface area (Å²) in [6.07, 6.45) is -4.56. The molecule has 0 aromatic carbocycles. The average molecular weight is 474 g/mol. The first-order chi connectivity index (χ1) is 15.3. The number of carbonyl (C=O) groups is 1. The second kappa shape index (κ2) is 11.0. The Kier molecular flexibility index (Phi) is 8.91. The first kappa shape index (κ1) is 26.7. The molecule has 2 rings (SSSR count). The van der Waals surface area contributed by atoms with Crippen LogP contribution >= 0.6 is 0 Å². The first-order valence-corrected chi connectivity index (χ1v) is 10.7. The Morgan fingerprint density at radius 2 is 1.97 bits per heavy atom. The van der Waals surface area contributed by atoms with Gasteiger partial charge in [-0.3, -0.25) is 19.1 Å².